The molecule has 0 spiro atoms. The molecule has 0 unspecified atom stereocenters. The summed E-state index contributed by atoms with van der Waals surface area (Å²) in [5.74, 6) is -1.15. The van der Waals surface area contributed by atoms with E-state index in [4.69, 9.17) is 10.5 Å². The summed E-state index contributed by atoms with van der Waals surface area (Å²) in [7, 11) is 0. The number of ether oxygens (including phenoxy) is 1. The lowest BCUT2D eigenvalue weighted by Crippen LogP contribution is -2.51. The Morgan fingerprint density at radius 1 is 1.06 bits per heavy atom. The largest absolute Gasteiger partial charge is 0.444 e. The molecule has 0 heterocycles. The first kappa shape index (κ1) is 16.2. The van der Waals surface area contributed by atoms with Crippen molar-refractivity contribution in [2.24, 2.45) is 5.73 Å². The summed E-state index contributed by atoms with van der Waals surface area (Å²) in [5, 5.41) is 4.72. The zero-order chi connectivity index (χ0) is 14.5. The first-order valence-corrected chi connectivity index (χ1v) is 5.62. The fourth-order valence-corrected chi connectivity index (χ4v) is 0.959. The van der Waals surface area contributed by atoms with E-state index in [0.29, 0.717) is 0 Å². The zero-order valence-corrected chi connectivity index (χ0v) is 11.4. The summed E-state index contributed by atoms with van der Waals surface area (Å²) in [6, 6.07) is -1.61. The van der Waals surface area contributed by atoms with Crippen LogP contribution in [0.25, 0.3) is 0 Å². The third-order valence-electron chi connectivity index (χ3n) is 1.91. The van der Waals surface area contributed by atoms with Gasteiger partial charge in [-0.15, -0.1) is 0 Å². The van der Waals surface area contributed by atoms with Gasteiger partial charge in [-0.05, 0) is 34.6 Å². The molecule has 0 radical (unpaired) electrons. The quantitative estimate of drug-likeness (QED) is 0.654. The Morgan fingerprint density at radius 3 is 1.94 bits per heavy atom. The molecule has 3 amide bonds. The van der Waals surface area contributed by atoms with Gasteiger partial charge in [-0.1, -0.05) is 0 Å². The third kappa shape index (κ3) is 6.72. The maximum Gasteiger partial charge on any atom is 0.408 e. The molecule has 4 N–H and O–H groups in total. The van der Waals surface area contributed by atoms with E-state index in [-0.39, 0.29) is 0 Å². The Balaban J connectivity index is 4.24. The monoisotopic (exact) mass is 259 g/mol. The van der Waals surface area contributed by atoms with Crippen LogP contribution in [0.2, 0.25) is 0 Å². The summed E-state index contributed by atoms with van der Waals surface area (Å²) in [4.78, 5) is 33.7. The number of hydrogen-bond donors (Lipinski definition) is 3. The Labute approximate surface area is 106 Å². The van der Waals surface area contributed by atoms with Crippen LogP contribution in [0.4, 0.5) is 4.79 Å². The minimum atomic E-state index is -0.818. The van der Waals surface area contributed by atoms with Crippen LogP contribution in [0.1, 0.15) is 34.6 Å². The van der Waals surface area contributed by atoms with Gasteiger partial charge in [0.15, 0.2) is 0 Å². The van der Waals surface area contributed by atoms with Gasteiger partial charge in [0.05, 0.1) is 0 Å². The highest BCUT2D eigenvalue weighted by Gasteiger charge is 2.22. The van der Waals surface area contributed by atoms with E-state index in [1.54, 1.807) is 20.8 Å². The topological polar surface area (TPSA) is 111 Å². The highest BCUT2D eigenvalue weighted by atomic mass is 16.6. The molecule has 18 heavy (non-hydrogen) atoms. The van der Waals surface area contributed by atoms with Crippen molar-refractivity contribution in [3.63, 3.8) is 0 Å². The number of carbonyl (C=O) groups is 3. The van der Waals surface area contributed by atoms with Gasteiger partial charge >= 0.3 is 6.09 Å². The Morgan fingerprint density at radius 2 is 1.56 bits per heavy atom. The van der Waals surface area contributed by atoms with Crippen LogP contribution < -0.4 is 16.4 Å². The van der Waals surface area contributed by atoms with Crippen molar-refractivity contribution in [1.82, 2.24) is 10.6 Å². The number of alkyl carbamates (subject to hydrolysis) is 1. The van der Waals surface area contributed by atoms with Crippen LogP contribution >= 0.6 is 0 Å². The molecule has 0 aliphatic heterocycles. The van der Waals surface area contributed by atoms with E-state index < -0.39 is 35.6 Å². The van der Waals surface area contributed by atoms with Crippen molar-refractivity contribution in [2.75, 3.05) is 0 Å². The maximum absolute atomic E-state index is 11.6. The summed E-state index contributed by atoms with van der Waals surface area (Å²) in [6.07, 6.45) is -0.697. The first-order chi connectivity index (χ1) is 8.03. The molecule has 0 saturated heterocycles. The molecule has 7 nitrogen and oxygen atoms in total. The Kier molecular flexibility index (Phi) is 5.61. The smallest absolute Gasteiger partial charge is 0.408 e. The second kappa shape index (κ2) is 6.23. The van der Waals surface area contributed by atoms with E-state index in [9.17, 15) is 14.4 Å². The van der Waals surface area contributed by atoms with Gasteiger partial charge in [0.2, 0.25) is 11.8 Å². The molecule has 7 heteroatoms. The average Bonchev–Trinajstić information content (AvgIpc) is 2.13. The summed E-state index contributed by atoms with van der Waals surface area (Å²) >= 11 is 0. The van der Waals surface area contributed by atoms with E-state index in [2.05, 4.69) is 10.6 Å². The van der Waals surface area contributed by atoms with Gasteiger partial charge < -0.3 is 21.1 Å². The molecular formula is C11H21N3O4. The number of carbonyl (C=O) groups excluding carboxylic acids is 3. The van der Waals surface area contributed by atoms with Crippen LogP contribution in [-0.4, -0.2) is 35.6 Å². The lowest BCUT2D eigenvalue weighted by atomic mass is 10.2. The predicted octanol–water partition coefficient (Wildman–Crippen LogP) is -0.110. The fraction of sp³-hybridized carbons (Fsp3) is 0.727. The highest BCUT2D eigenvalue weighted by Crippen LogP contribution is 2.06. The van der Waals surface area contributed by atoms with Crippen molar-refractivity contribution in [3.05, 3.63) is 0 Å². The summed E-state index contributed by atoms with van der Waals surface area (Å²) < 4.78 is 4.99. The van der Waals surface area contributed by atoms with Gasteiger partial charge in [0.1, 0.15) is 17.7 Å². The molecule has 104 valence electrons. The van der Waals surface area contributed by atoms with E-state index in [1.165, 1.54) is 13.8 Å². The summed E-state index contributed by atoms with van der Waals surface area (Å²) in [5.41, 5.74) is 4.37. The highest BCUT2D eigenvalue weighted by molar-refractivity contribution is 5.90. The van der Waals surface area contributed by atoms with E-state index in [0.717, 1.165) is 0 Å². The molecule has 0 rings (SSSR count). The van der Waals surface area contributed by atoms with Gasteiger partial charge in [0, 0.05) is 0 Å². The number of nitrogens with two attached hydrogens (primary N) is 1. The lowest BCUT2D eigenvalue weighted by Gasteiger charge is -2.22. The van der Waals surface area contributed by atoms with Gasteiger partial charge in [-0.2, -0.15) is 0 Å². The fourth-order valence-electron chi connectivity index (χ4n) is 0.959. The van der Waals surface area contributed by atoms with Crippen LogP contribution in [0.15, 0.2) is 0 Å². The van der Waals surface area contributed by atoms with Crippen molar-refractivity contribution in [2.45, 2.75) is 52.3 Å². The minimum absolute atomic E-state index is 0.507. The molecule has 2 atom stereocenters. The first-order valence-electron chi connectivity index (χ1n) is 5.62. The van der Waals surface area contributed by atoms with E-state index >= 15 is 0 Å². The van der Waals surface area contributed by atoms with Gasteiger partial charge in [-0.25, -0.2) is 4.79 Å². The van der Waals surface area contributed by atoms with Crippen molar-refractivity contribution in [1.29, 1.82) is 0 Å². The number of primary amides is 1. The zero-order valence-electron chi connectivity index (χ0n) is 11.4. The SMILES string of the molecule is C[C@H](NC(=O)[C@@H](C)NC(=O)OC(C)(C)C)C(N)=O. The number of rotatable bonds is 4. The van der Waals surface area contributed by atoms with Crippen LogP contribution in [-0.2, 0) is 14.3 Å². The maximum atomic E-state index is 11.6. The third-order valence-corrected chi connectivity index (χ3v) is 1.91. The Hall–Kier alpha value is -1.79. The second-order valence-corrected chi connectivity index (χ2v) is 5.00. The molecular weight excluding hydrogens is 238 g/mol. The minimum Gasteiger partial charge on any atom is -0.444 e. The van der Waals surface area contributed by atoms with Crippen LogP contribution in [0, 0.1) is 0 Å². The van der Waals surface area contributed by atoms with Crippen molar-refractivity contribution < 1.29 is 19.1 Å². The van der Waals surface area contributed by atoms with E-state index in [1.807, 2.05) is 0 Å². The number of hydrogen-bond acceptors (Lipinski definition) is 4. The normalized spacial score (nSPS) is 14.3. The van der Waals surface area contributed by atoms with Gasteiger partial charge in [-0.3, -0.25) is 9.59 Å². The second-order valence-electron chi connectivity index (χ2n) is 5.00. The molecule has 0 bridgehead atoms. The van der Waals surface area contributed by atoms with Crippen molar-refractivity contribution in [3.8, 4) is 0 Å². The standard InChI is InChI=1S/C11H21N3O4/c1-6(8(12)15)13-9(16)7(2)14-10(17)18-11(3,4)5/h6-7H,1-5H3,(H2,12,15)(H,13,16)(H,14,17)/t6-,7+/m0/s1. The van der Waals surface area contributed by atoms with Crippen molar-refractivity contribution >= 4 is 17.9 Å². The molecule has 0 aliphatic rings. The number of nitrogens with one attached hydrogen (secondary N) is 2. The molecule has 0 aromatic heterocycles. The molecule has 0 aliphatic carbocycles. The lowest BCUT2D eigenvalue weighted by molar-refractivity contribution is -0.128. The Bertz CT molecular complexity index is 336. The molecule has 0 aromatic carbocycles. The summed E-state index contributed by atoms with van der Waals surface area (Å²) in [6.45, 7) is 8.08. The number of amides is 3. The molecule has 0 saturated carbocycles. The predicted molar refractivity (Wildman–Crippen MR) is 65.6 cm³/mol. The van der Waals surface area contributed by atoms with Crippen LogP contribution in [0.5, 0.6) is 0 Å². The van der Waals surface area contributed by atoms with Crippen LogP contribution in [0.3, 0.4) is 0 Å². The molecule has 0 fully saturated rings. The average molecular weight is 259 g/mol. The molecule has 0 aromatic rings. The van der Waals surface area contributed by atoms with Gasteiger partial charge in [0.25, 0.3) is 0 Å².